The van der Waals surface area contributed by atoms with Crippen LogP contribution in [0.15, 0.2) is 74.1 Å². The maximum Gasteiger partial charge on any atom is 0.387 e. The van der Waals surface area contributed by atoms with E-state index in [2.05, 4.69) is 9.97 Å². The number of pyridine rings is 1. The molecule has 0 aliphatic carbocycles. The molecule has 3 atom stereocenters. The van der Waals surface area contributed by atoms with Gasteiger partial charge in [0, 0.05) is 11.8 Å². The number of fused-ring (bicyclic) bond motifs is 3. The minimum absolute atomic E-state index is 0.0348. The van der Waals surface area contributed by atoms with Gasteiger partial charge in [0.05, 0.1) is 41.3 Å². The lowest BCUT2D eigenvalue weighted by atomic mass is 10.0. The molecule has 2 bridgehead atoms. The Morgan fingerprint density at radius 1 is 1.11 bits per heavy atom. The number of carbonyl (C=O) groups is 1. The van der Waals surface area contributed by atoms with E-state index in [9.17, 15) is 36.0 Å². The van der Waals surface area contributed by atoms with Gasteiger partial charge >= 0.3 is 12.3 Å². The van der Waals surface area contributed by atoms with Gasteiger partial charge in [-0.15, -0.1) is 11.3 Å². The molecule has 19 heteroatoms. The number of aromatic nitrogens is 4. The fourth-order valence-corrected chi connectivity index (χ4v) is 9.25. The standard InChI is InChI=1S/C35H34F3N5O9S2/c1-18-27-30(44)43(35(2,3)32(45)41-54(47,48)26-6-4-5-11-39-26)34(46)42(31(27)53-28(18)29-40-12-13-49-29)17-25(51-22-15-20-8-9-21(16-22)50-20)23-14-19(36)7-10-24(23)52-33(37)38/h4-7,10-14,20-22,25,33H,8-9,15-17H2,1-3H3,(H,41,45)/t20-,21-,25+/m1/s1. The van der Waals surface area contributed by atoms with Gasteiger partial charge in [-0.1, -0.05) is 6.07 Å². The molecular formula is C35H34F3N5O9S2. The van der Waals surface area contributed by atoms with Gasteiger partial charge in [-0.05, 0) is 82.3 Å². The number of aryl methyl sites for hydroxylation is 1. The molecule has 2 saturated heterocycles. The summed E-state index contributed by atoms with van der Waals surface area (Å²) in [5.74, 6) is -2.30. The molecule has 14 nitrogen and oxygen atoms in total. The second-order valence-electron chi connectivity index (χ2n) is 13.5. The number of sulfonamides is 1. The normalized spacial score (nSPS) is 19.4. The summed E-state index contributed by atoms with van der Waals surface area (Å²) in [7, 11) is -4.55. The first kappa shape index (κ1) is 37.5. The minimum atomic E-state index is -4.55. The van der Waals surface area contributed by atoms with E-state index >= 15 is 0 Å². The van der Waals surface area contributed by atoms with Crippen molar-refractivity contribution in [2.24, 2.45) is 0 Å². The molecule has 2 fully saturated rings. The van der Waals surface area contributed by atoms with Crippen LogP contribution in [0.2, 0.25) is 0 Å². The summed E-state index contributed by atoms with van der Waals surface area (Å²) in [4.78, 5) is 51.4. The Kier molecular flexibility index (Phi) is 10.0. The molecule has 1 amide bonds. The quantitative estimate of drug-likeness (QED) is 0.180. The third-order valence-corrected chi connectivity index (χ3v) is 12.1. The van der Waals surface area contributed by atoms with E-state index in [0.29, 0.717) is 27.8 Å². The number of amides is 1. The molecule has 2 aliphatic heterocycles. The fourth-order valence-electron chi connectivity index (χ4n) is 6.95. The largest absolute Gasteiger partial charge is 0.444 e. The highest BCUT2D eigenvalue weighted by molar-refractivity contribution is 7.90. The number of rotatable bonds is 12. The summed E-state index contributed by atoms with van der Waals surface area (Å²) < 4.78 is 95.0. The molecular weight excluding hydrogens is 756 g/mol. The number of alkyl halides is 2. The van der Waals surface area contributed by atoms with Crippen LogP contribution >= 0.6 is 11.3 Å². The molecule has 0 spiro atoms. The number of carbonyl (C=O) groups excluding carboxylic acids is 1. The topological polar surface area (TPSA) is 174 Å². The molecule has 5 aromatic rings. The number of hydrogen-bond donors (Lipinski definition) is 1. The van der Waals surface area contributed by atoms with Gasteiger partial charge in [-0.25, -0.2) is 28.4 Å². The molecule has 54 heavy (non-hydrogen) atoms. The van der Waals surface area contributed by atoms with Crippen LogP contribution in [0.4, 0.5) is 13.2 Å². The monoisotopic (exact) mass is 789 g/mol. The van der Waals surface area contributed by atoms with Crippen molar-refractivity contribution < 1.29 is 45.0 Å². The predicted octanol–water partition coefficient (Wildman–Crippen LogP) is 5.03. The van der Waals surface area contributed by atoms with Gasteiger partial charge in [0.2, 0.25) is 5.89 Å². The van der Waals surface area contributed by atoms with Crippen molar-refractivity contribution in [3.05, 3.63) is 92.8 Å². The average Bonchev–Trinajstić information content (AvgIpc) is 3.86. The van der Waals surface area contributed by atoms with Crippen LogP contribution in [0.25, 0.3) is 21.0 Å². The van der Waals surface area contributed by atoms with Crippen LogP contribution in [-0.2, 0) is 36.4 Å². The summed E-state index contributed by atoms with van der Waals surface area (Å²) in [6, 6.07) is 7.00. The number of nitrogens with one attached hydrogen (secondary N) is 1. The third kappa shape index (κ3) is 7.07. The van der Waals surface area contributed by atoms with Gasteiger partial charge in [0.1, 0.15) is 34.3 Å². The van der Waals surface area contributed by atoms with E-state index in [1.165, 1.54) is 44.6 Å². The van der Waals surface area contributed by atoms with E-state index in [1.54, 1.807) is 6.92 Å². The van der Waals surface area contributed by atoms with E-state index in [0.717, 1.165) is 53.0 Å². The number of thiophene rings is 1. The molecule has 2 aliphatic rings. The molecule has 0 unspecified atom stereocenters. The second-order valence-corrected chi connectivity index (χ2v) is 16.1. The van der Waals surface area contributed by atoms with Gasteiger partial charge in [-0.2, -0.15) is 17.2 Å². The number of benzene rings is 1. The number of halogens is 3. The molecule has 4 aromatic heterocycles. The Morgan fingerprint density at radius 3 is 2.50 bits per heavy atom. The van der Waals surface area contributed by atoms with Gasteiger partial charge in [0.25, 0.3) is 21.5 Å². The molecule has 1 N–H and O–H groups in total. The van der Waals surface area contributed by atoms with Crippen molar-refractivity contribution in [1.29, 1.82) is 0 Å². The zero-order chi connectivity index (χ0) is 38.5. The summed E-state index contributed by atoms with van der Waals surface area (Å²) in [6.07, 6.45) is 4.37. The predicted molar refractivity (Wildman–Crippen MR) is 187 cm³/mol. The number of ether oxygens (including phenoxy) is 3. The highest BCUT2D eigenvalue weighted by Gasteiger charge is 2.40. The first-order valence-corrected chi connectivity index (χ1v) is 19.2. The zero-order valence-corrected chi connectivity index (χ0v) is 30.7. The number of nitrogens with zero attached hydrogens (tertiary/aromatic N) is 4. The molecule has 7 rings (SSSR count). The Bertz CT molecular complexity index is 2420. The maximum atomic E-state index is 14.9. The third-order valence-electron chi connectivity index (χ3n) is 9.58. The van der Waals surface area contributed by atoms with E-state index < -0.39 is 74.7 Å². The van der Waals surface area contributed by atoms with Crippen LogP contribution in [0.3, 0.4) is 0 Å². The first-order chi connectivity index (χ1) is 25.6. The summed E-state index contributed by atoms with van der Waals surface area (Å²) in [5, 5.41) is -0.510. The van der Waals surface area contributed by atoms with Crippen molar-refractivity contribution in [1.82, 2.24) is 23.8 Å². The van der Waals surface area contributed by atoms with Crippen molar-refractivity contribution >= 4 is 37.5 Å². The average molecular weight is 790 g/mol. The molecule has 286 valence electrons. The summed E-state index contributed by atoms with van der Waals surface area (Å²) in [6.45, 7) is 0.206. The zero-order valence-electron chi connectivity index (χ0n) is 29.0. The van der Waals surface area contributed by atoms with Gasteiger partial charge in [0.15, 0.2) is 5.03 Å². The molecule has 0 saturated carbocycles. The van der Waals surface area contributed by atoms with Crippen molar-refractivity contribution in [3.63, 3.8) is 0 Å². The Labute approximate surface area is 309 Å². The molecule has 6 heterocycles. The van der Waals surface area contributed by atoms with E-state index in [1.807, 2.05) is 4.72 Å². The van der Waals surface area contributed by atoms with E-state index in [-0.39, 0.29) is 33.9 Å². The summed E-state index contributed by atoms with van der Waals surface area (Å²) in [5.41, 5.74) is -3.97. The lowest BCUT2D eigenvalue weighted by Crippen LogP contribution is -2.56. The SMILES string of the molecule is Cc1c(-c2ncco2)sc2c1c(=O)n(C(C)(C)C(=O)NS(=O)(=O)c1ccccn1)c(=O)n2C[C@H](OC1C[C@H]2CC[C@H](C1)O2)c1cc(F)ccc1OC(F)F. The summed E-state index contributed by atoms with van der Waals surface area (Å²) >= 11 is 0.971. The van der Waals surface area contributed by atoms with Crippen molar-refractivity contribution in [2.45, 2.75) is 94.6 Å². The lowest BCUT2D eigenvalue weighted by Gasteiger charge is -2.33. The van der Waals surface area contributed by atoms with Crippen molar-refractivity contribution in [3.8, 4) is 16.5 Å². The second kappa shape index (κ2) is 14.4. The van der Waals surface area contributed by atoms with Crippen LogP contribution in [0.1, 0.15) is 56.8 Å². The molecule has 0 radical (unpaired) electrons. The highest BCUT2D eigenvalue weighted by atomic mass is 32.2. The molecule has 1 aromatic carbocycles. The van der Waals surface area contributed by atoms with Crippen LogP contribution in [-0.4, -0.2) is 58.4 Å². The first-order valence-electron chi connectivity index (χ1n) is 16.9. The maximum absolute atomic E-state index is 14.9. The van der Waals surface area contributed by atoms with Crippen LogP contribution in [0.5, 0.6) is 5.75 Å². The van der Waals surface area contributed by atoms with E-state index in [4.69, 9.17) is 18.6 Å². The van der Waals surface area contributed by atoms with Crippen LogP contribution in [0, 0.1) is 12.7 Å². The number of hydrogen-bond acceptors (Lipinski definition) is 12. The minimum Gasteiger partial charge on any atom is -0.444 e. The van der Waals surface area contributed by atoms with Crippen LogP contribution < -0.4 is 20.7 Å². The van der Waals surface area contributed by atoms with Gasteiger partial charge in [-0.3, -0.25) is 14.2 Å². The van der Waals surface area contributed by atoms with Crippen molar-refractivity contribution in [2.75, 3.05) is 0 Å². The Balaban J connectivity index is 1.41. The number of oxazole rings is 1. The fraction of sp³-hybridized carbons (Fsp3) is 0.400. The highest BCUT2D eigenvalue weighted by Crippen LogP contribution is 2.40. The smallest absolute Gasteiger partial charge is 0.387 e. The van der Waals surface area contributed by atoms with Gasteiger partial charge < -0.3 is 18.6 Å². The Morgan fingerprint density at radius 2 is 1.85 bits per heavy atom. The lowest BCUT2D eigenvalue weighted by molar-refractivity contribution is -0.126. The Hall–Kier alpha value is -4.85.